The van der Waals surface area contributed by atoms with Crippen molar-refractivity contribution in [1.82, 2.24) is 0 Å². The summed E-state index contributed by atoms with van der Waals surface area (Å²) in [5.74, 6) is 0. The SMILES string of the molecule is CCc1ccc(Cc2cccc(N)c2)cc1C. The average molecular weight is 225 g/mol. The highest BCUT2D eigenvalue weighted by Gasteiger charge is 2.00. The van der Waals surface area contributed by atoms with Crippen molar-refractivity contribution in [3.63, 3.8) is 0 Å². The maximum Gasteiger partial charge on any atom is 0.0316 e. The molecule has 0 aliphatic heterocycles. The lowest BCUT2D eigenvalue weighted by atomic mass is 9.99. The molecule has 0 aromatic heterocycles. The van der Waals surface area contributed by atoms with Gasteiger partial charge in [-0.25, -0.2) is 0 Å². The molecule has 0 radical (unpaired) electrons. The molecule has 1 heteroatoms. The van der Waals surface area contributed by atoms with Crippen molar-refractivity contribution in [3.8, 4) is 0 Å². The Morgan fingerprint density at radius 2 is 1.76 bits per heavy atom. The van der Waals surface area contributed by atoms with E-state index in [1.165, 1.54) is 22.3 Å². The minimum absolute atomic E-state index is 0.837. The quantitative estimate of drug-likeness (QED) is 0.791. The van der Waals surface area contributed by atoms with E-state index in [1.807, 2.05) is 18.2 Å². The molecule has 0 heterocycles. The van der Waals surface area contributed by atoms with Crippen molar-refractivity contribution >= 4 is 5.69 Å². The fraction of sp³-hybridized carbons (Fsp3) is 0.250. The van der Waals surface area contributed by atoms with Gasteiger partial charge in [-0.05, 0) is 54.2 Å². The Balaban J connectivity index is 2.22. The van der Waals surface area contributed by atoms with Crippen molar-refractivity contribution in [2.45, 2.75) is 26.7 Å². The summed E-state index contributed by atoms with van der Waals surface area (Å²) < 4.78 is 0. The maximum atomic E-state index is 5.79. The highest BCUT2D eigenvalue weighted by molar-refractivity contribution is 5.43. The van der Waals surface area contributed by atoms with Gasteiger partial charge in [-0.2, -0.15) is 0 Å². The van der Waals surface area contributed by atoms with E-state index in [-0.39, 0.29) is 0 Å². The molecule has 0 fully saturated rings. The fourth-order valence-corrected chi connectivity index (χ4v) is 2.20. The Morgan fingerprint density at radius 1 is 1.00 bits per heavy atom. The Kier molecular flexibility index (Phi) is 3.48. The molecule has 1 nitrogen and oxygen atoms in total. The summed E-state index contributed by atoms with van der Waals surface area (Å²) in [7, 11) is 0. The minimum atomic E-state index is 0.837. The van der Waals surface area contributed by atoms with Crippen LogP contribution in [0.4, 0.5) is 5.69 Å². The molecule has 0 saturated carbocycles. The maximum absolute atomic E-state index is 5.79. The van der Waals surface area contributed by atoms with Crippen LogP contribution in [0.1, 0.15) is 29.2 Å². The summed E-state index contributed by atoms with van der Waals surface area (Å²) in [5.41, 5.74) is 12.1. The van der Waals surface area contributed by atoms with Crippen molar-refractivity contribution in [2.24, 2.45) is 0 Å². The number of benzene rings is 2. The summed E-state index contributed by atoms with van der Waals surface area (Å²) in [6.45, 7) is 4.38. The summed E-state index contributed by atoms with van der Waals surface area (Å²) >= 11 is 0. The molecule has 0 unspecified atom stereocenters. The molecule has 0 amide bonds. The van der Waals surface area contributed by atoms with E-state index in [1.54, 1.807) is 0 Å². The molecule has 2 N–H and O–H groups in total. The molecule has 0 spiro atoms. The first-order valence-electron chi connectivity index (χ1n) is 6.12. The molecular weight excluding hydrogens is 206 g/mol. The summed E-state index contributed by atoms with van der Waals surface area (Å²) in [5, 5.41) is 0. The van der Waals surface area contributed by atoms with Crippen LogP contribution in [0.5, 0.6) is 0 Å². The van der Waals surface area contributed by atoms with Crippen LogP contribution >= 0.6 is 0 Å². The third-order valence-corrected chi connectivity index (χ3v) is 3.15. The highest BCUT2D eigenvalue weighted by atomic mass is 14.5. The second-order valence-corrected chi connectivity index (χ2v) is 4.54. The van der Waals surface area contributed by atoms with Gasteiger partial charge in [-0.3, -0.25) is 0 Å². The molecule has 0 bridgehead atoms. The second-order valence-electron chi connectivity index (χ2n) is 4.54. The molecule has 0 aliphatic carbocycles. The average Bonchev–Trinajstić information content (AvgIpc) is 2.29. The molecule has 2 aromatic rings. The molecule has 0 saturated heterocycles. The van der Waals surface area contributed by atoms with Gasteiger partial charge in [-0.15, -0.1) is 0 Å². The van der Waals surface area contributed by atoms with E-state index in [0.29, 0.717) is 0 Å². The van der Waals surface area contributed by atoms with E-state index in [9.17, 15) is 0 Å². The van der Waals surface area contributed by atoms with Gasteiger partial charge in [0, 0.05) is 5.69 Å². The van der Waals surface area contributed by atoms with Crippen molar-refractivity contribution < 1.29 is 0 Å². The summed E-state index contributed by atoms with van der Waals surface area (Å²) in [6.07, 6.45) is 2.06. The van der Waals surface area contributed by atoms with Crippen molar-refractivity contribution in [3.05, 3.63) is 64.7 Å². The summed E-state index contributed by atoms with van der Waals surface area (Å²) in [4.78, 5) is 0. The van der Waals surface area contributed by atoms with Gasteiger partial charge in [0.15, 0.2) is 0 Å². The number of hydrogen-bond donors (Lipinski definition) is 1. The predicted octanol–water partition coefficient (Wildman–Crippen LogP) is 3.73. The van der Waals surface area contributed by atoms with E-state index in [0.717, 1.165) is 18.5 Å². The second kappa shape index (κ2) is 5.05. The number of rotatable bonds is 3. The monoisotopic (exact) mass is 225 g/mol. The van der Waals surface area contributed by atoms with Crippen LogP contribution in [0, 0.1) is 6.92 Å². The Bertz CT molecular complexity index is 515. The van der Waals surface area contributed by atoms with Crippen LogP contribution in [-0.4, -0.2) is 0 Å². The number of nitrogens with two attached hydrogens (primary N) is 1. The molecule has 0 atom stereocenters. The lowest BCUT2D eigenvalue weighted by Gasteiger charge is -2.07. The zero-order valence-corrected chi connectivity index (χ0v) is 10.5. The molecule has 2 aromatic carbocycles. The highest BCUT2D eigenvalue weighted by Crippen LogP contribution is 2.16. The van der Waals surface area contributed by atoms with Gasteiger partial charge in [0.25, 0.3) is 0 Å². The van der Waals surface area contributed by atoms with Crippen LogP contribution in [0.2, 0.25) is 0 Å². The molecule has 0 aliphatic rings. The van der Waals surface area contributed by atoms with E-state index >= 15 is 0 Å². The van der Waals surface area contributed by atoms with Crippen molar-refractivity contribution in [1.29, 1.82) is 0 Å². The Hall–Kier alpha value is -1.76. The number of hydrogen-bond acceptors (Lipinski definition) is 1. The minimum Gasteiger partial charge on any atom is -0.399 e. The van der Waals surface area contributed by atoms with E-state index < -0.39 is 0 Å². The zero-order chi connectivity index (χ0) is 12.3. The molecule has 88 valence electrons. The van der Waals surface area contributed by atoms with Crippen LogP contribution < -0.4 is 5.73 Å². The molecule has 17 heavy (non-hydrogen) atoms. The number of nitrogen functional groups attached to an aromatic ring is 1. The fourth-order valence-electron chi connectivity index (χ4n) is 2.20. The largest absolute Gasteiger partial charge is 0.399 e. The topological polar surface area (TPSA) is 26.0 Å². The smallest absolute Gasteiger partial charge is 0.0316 e. The van der Waals surface area contributed by atoms with Crippen molar-refractivity contribution in [2.75, 3.05) is 5.73 Å². The first kappa shape index (κ1) is 11.7. The predicted molar refractivity (Wildman–Crippen MR) is 74.2 cm³/mol. The standard InChI is InChI=1S/C16H19N/c1-3-15-8-7-14(9-12(15)2)10-13-5-4-6-16(17)11-13/h4-9,11H,3,10,17H2,1-2H3. The Morgan fingerprint density at radius 3 is 2.41 bits per heavy atom. The van der Waals surface area contributed by atoms with Crippen LogP contribution in [0.25, 0.3) is 0 Å². The van der Waals surface area contributed by atoms with Gasteiger partial charge in [-0.1, -0.05) is 37.3 Å². The van der Waals surface area contributed by atoms with E-state index in [4.69, 9.17) is 5.73 Å². The van der Waals surface area contributed by atoms with Crippen LogP contribution in [-0.2, 0) is 12.8 Å². The lowest BCUT2D eigenvalue weighted by Crippen LogP contribution is -1.93. The molecule has 2 rings (SSSR count). The first-order valence-corrected chi connectivity index (χ1v) is 6.12. The lowest BCUT2D eigenvalue weighted by molar-refractivity contribution is 1.09. The van der Waals surface area contributed by atoms with Crippen LogP contribution in [0.15, 0.2) is 42.5 Å². The van der Waals surface area contributed by atoms with Crippen LogP contribution in [0.3, 0.4) is 0 Å². The van der Waals surface area contributed by atoms with Gasteiger partial charge < -0.3 is 5.73 Å². The Labute approximate surface area is 103 Å². The number of aryl methyl sites for hydroxylation is 2. The van der Waals surface area contributed by atoms with Gasteiger partial charge >= 0.3 is 0 Å². The third kappa shape index (κ3) is 2.88. The number of anilines is 1. The normalized spacial score (nSPS) is 10.5. The molecular formula is C16H19N. The summed E-state index contributed by atoms with van der Waals surface area (Å²) in [6, 6.07) is 14.8. The van der Waals surface area contributed by atoms with E-state index in [2.05, 4.69) is 38.1 Å². The zero-order valence-electron chi connectivity index (χ0n) is 10.5. The van der Waals surface area contributed by atoms with Gasteiger partial charge in [0.05, 0.1) is 0 Å². The third-order valence-electron chi connectivity index (χ3n) is 3.15. The first-order chi connectivity index (χ1) is 8.19. The van der Waals surface area contributed by atoms with Gasteiger partial charge in [0.2, 0.25) is 0 Å². The van der Waals surface area contributed by atoms with Gasteiger partial charge in [0.1, 0.15) is 0 Å².